The molecule has 1 aliphatic rings. The Kier molecular flexibility index (Phi) is 8.98. The van der Waals surface area contributed by atoms with Crippen LogP contribution in [0.3, 0.4) is 0 Å². The molecule has 230 valence electrons. The SMILES string of the molecule is C[C@@H](/C=C/CCO)[C@]1(O)C(=O)N(Cc2cccc(NC(=O)c3ccc(N)cc3)c2)c2ccc(NC(=O)c3ccc(N)cc3)cc21. The van der Waals surface area contributed by atoms with Gasteiger partial charge >= 0.3 is 0 Å². The summed E-state index contributed by atoms with van der Waals surface area (Å²) in [5.74, 6) is -1.86. The Morgan fingerprint density at radius 3 is 2.02 bits per heavy atom. The van der Waals surface area contributed by atoms with Gasteiger partial charge in [0.25, 0.3) is 17.7 Å². The summed E-state index contributed by atoms with van der Waals surface area (Å²) >= 11 is 0. The number of rotatable bonds is 10. The number of hydrogen-bond acceptors (Lipinski definition) is 7. The van der Waals surface area contributed by atoms with E-state index in [-0.39, 0.29) is 25.0 Å². The van der Waals surface area contributed by atoms with Gasteiger partial charge < -0.3 is 37.2 Å². The average Bonchev–Trinajstić information content (AvgIpc) is 3.24. The molecule has 0 saturated heterocycles. The molecule has 0 spiro atoms. The molecule has 0 bridgehead atoms. The van der Waals surface area contributed by atoms with Crippen molar-refractivity contribution in [1.82, 2.24) is 0 Å². The highest BCUT2D eigenvalue weighted by atomic mass is 16.3. The zero-order valence-corrected chi connectivity index (χ0v) is 24.7. The molecule has 2 atom stereocenters. The van der Waals surface area contributed by atoms with Crippen molar-refractivity contribution in [2.75, 3.05) is 33.6 Å². The molecule has 0 aromatic heterocycles. The maximum absolute atomic E-state index is 14.0. The molecule has 10 nitrogen and oxygen atoms in total. The van der Waals surface area contributed by atoms with E-state index < -0.39 is 17.4 Å². The topological polar surface area (TPSA) is 171 Å². The number of nitrogens with two attached hydrogens (primary N) is 2. The van der Waals surface area contributed by atoms with E-state index in [4.69, 9.17) is 11.5 Å². The smallest absolute Gasteiger partial charge is 0.264 e. The highest BCUT2D eigenvalue weighted by molar-refractivity contribution is 6.09. The Labute approximate surface area is 261 Å². The number of anilines is 5. The van der Waals surface area contributed by atoms with Gasteiger partial charge in [0.2, 0.25) is 0 Å². The minimum absolute atomic E-state index is 0.0647. The fourth-order valence-electron chi connectivity index (χ4n) is 5.30. The largest absolute Gasteiger partial charge is 0.399 e. The number of nitrogens with zero attached hydrogens (tertiary/aromatic N) is 1. The van der Waals surface area contributed by atoms with Crippen LogP contribution in [0.5, 0.6) is 0 Å². The Balaban J connectivity index is 1.44. The summed E-state index contributed by atoms with van der Waals surface area (Å²) in [7, 11) is 0. The van der Waals surface area contributed by atoms with E-state index in [1.807, 2.05) is 6.07 Å². The van der Waals surface area contributed by atoms with Crippen molar-refractivity contribution in [3.8, 4) is 0 Å². The number of fused-ring (bicyclic) bond motifs is 1. The lowest BCUT2D eigenvalue weighted by atomic mass is 9.82. The number of nitrogens with one attached hydrogen (secondary N) is 2. The molecular formula is C35H35N5O5. The van der Waals surface area contributed by atoms with Crippen LogP contribution in [0.4, 0.5) is 28.4 Å². The first-order chi connectivity index (χ1) is 21.6. The van der Waals surface area contributed by atoms with Crippen molar-refractivity contribution in [3.05, 3.63) is 125 Å². The number of hydrogen-bond donors (Lipinski definition) is 6. The quantitative estimate of drug-likeness (QED) is 0.113. The van der Waals surface area contributed by atoms with Gasteiger partial charge in [-0.05, 0) is 90.8 Å². The summed E-state index contributed by atoms with van der Waals surface area (Å²) in [6.07, 6.45) is 3.80. The second-order valence-corrected chi connectivity index (χ2v) is 11.0. The maximum Gasteiger partial charge on any atom is 0.264 e. The van der Waals surface area contributed by atoms with Crippen molar-refractivity contribution in [3.63, 3.8) is 0 Å². The second-order valence-electron chi connectivity index (χ2n) is 11.0. The van der Waals surface area contributed by atoms with Crippen molar-refractivity contribution < 1.29 is 24.6 Å². The van der Waals surface area contributed by atoms with E-state index in [0.717, 1.165) is 5.56 Å². The summed E-state index contributed by atoms with van der Waals surface area (Å²) in [6.45, 7) is 1.78. The summed E-state index contributed by atoms with van der Waals surface area (Å²) in [4.78, 5) is 41.2. The molecule has 4 aromatic carbocycles. The van der Waals surface area contributed by atoms with Crippen LogP contribution in [0.2, 0.25) is 0 Å². The minimum Gasteiger partial charge on any atom is -0.399 e. The summed E-state index contributed by atoms with van der Waals surface area (Å²) in [6, 6.07) is 25.2. The van der Waals surface area contributed by atoms with Gasteiger partial charge in [-0.3, -0.25) is 14.4 Å². The summed E-state index contributed by atoms with van der Waals surface area (Å²) < 4.78 is 0. The lowest BCUT2D eigenvalue weighted by molar-refractivity contribution is -0.139. The number of amides is 3. The van der Waals surface area contributed by atoms with Crippen LogP contribution < -0.4 is 27.0 Å². The van der Waals surface area contributed by atoms with E-state index >= 15 is 0 Å². The van der Waals surface area contributed by atoms with Crippen LogP contribution in [0, 0.1) is 5.92 Å². The Hall–Kier alpha value is -5.45. The minimum atomic E-state index is -1.94. The highest BCUT2D eigenvalue weighted by Gasteiger charge is 2.52. The predicted octanol–water partition coefficient (Wildman–Crippen LogP) is 4.66. The summed E-state index contributed by atoms with van der Waals surface area (Å²) in [5.41, 5.74) is 14.0. The number of carbonyl (C=O) groups is 3. The van der Waals surface area contributed by atoms with Gasteiger partial charge in [0.1, 0.15) is 0 Å². The Morgan fingerprint density at radius 1 is 0.867 bits per heavy atom. The van der Waals surface area contributed by atoms with Gasteiger partial charge in [-0.1, -0.05) is 31.2 Å². The number of carbonyl (C=O) groups excluding carboxylic acids is 3. The monoisotopic (exact) mass is 605 g/mol. The first kappa shape index (κ1) is 31.0. The van der Waals surface area contributed by atoms with E-state index in [1.54, 1.807) is 104 Å². The molecule has 3 amide bonds. The third kappa shape index (κ3) is 6.57. The van der Waals surface area contributed by atoms with Crippen LogP contribution in [-0.2, 0) is 16.9 Å². The molecule has 10 heteroatoms. The predicted molar refractivity (Wildman–Crippen MR) is 176 cm³/mol. The van der Waals surface area contributed by atoms with E-state index in [0.29, 0.717) is 51.5 Å². The van der Waals surface area contributed by atoms with Crippen LogP contribution in [0.25, 0.3) is 0 Å². The zero-order valence-electron chi connectivity index (χ0n) is 24.7. The normalized spacial score (nSPS) is 16.4. The first-order valence-corrected chi connectivity index (χ1v) is 14.5. The second kappa shape index (κ2) is 13.0. The highest BCUT2D eigenvalue weighted by Crippen LogP contribution is 2.47. The van der Waals surface area contributed by atoms with E-state index in [2.05, 4.69) is 10.6 Å². The van der Waals surface area contributed by atoms with Gasteiger partial charge in [-0.2, -0.15) is 0 Å². The van der Waals surface area contributed by atoms with Crippen molar-refractivity contribution >= 4 is 46.2 Å². The van der Waals surface area contributed by atoms with Crippen molar-refractivity contribution in [2.24, 2.45) is 5.92 Å². The molecule has 8 N–H and O–H groups in total. The average molecular weight is 606 g/mol. The molecule has 0 fully saturated rings. The summed E-state index contributed by atoms with van der Waals surface area (Å²) in [5, 5.41) is 27.0. The number of nitrogen functional groups attached to an aromatic ring is 2. The molecule has 4 aromatic rings. The number of aliphatic hydroxyl groups excluding tert-OH is 1. The standard InChI is InChI=1S/C35H35N5O5/c1-22(5-2-3-18-41)35(45)30-20-29(39-33(43)25-10-14-27(37)15-11-25)16-17-31(30)40(34(35)44)21-23-6-4-7-28(19-23)38-32(42)24-8-12-26(36)13-9-24/h2,4-17,19-20,22,41,45H,3,18,21,36-37H2,1H3,(H,38,42)(H,39,43)/b5-2+/t22-,35+/m0/s1. The Morgan fingerprint density at radius 2 is 1.44 bits per heavy atom. The van der Waals surface area contributed by atoms with Gasteiger partial charge in [-0.15, -0.1) is 0 Å². The van der Waals surface area contributed by atoms with Gasteiger partial charge in [0.15, 0.2) is 5.60 Å². The van der Waals surface area contributed by atoms with Crippen molar-refractivity contribution in [1.29, 1.82) is 0 Å². The van der Waals surface area contributed by atoms with Crippen LogP contribution in [-0.4, -0.2) is 34.5 Å². The third-order valence-electron chi connectivity index (χ3n) is 7.78. The molecule has 0 aliphatic carbocycles. The van der Waals surface area contributed by atoms with E-state index in [9.17, 15) is 24.6 Å². The van der Waals surface area contributed by atoms with Crippen LogP contribution >= 0.6 is 0 Å². The van der Waals surface area contributed by atoms with Gasteiger partial charge in [0, 0.05) is 52.0 Å². The van der Waals surface area contributed by atoms with E-state index in [1.165, 1.54) is 4.90 Å². The lowest BCUT2D eigenvalue weighted by Crippen LogP contribution is -2.44. The molecule has 5 rings (SSSR count). The Bertz CT molecular complexity index is 1750. The lowest BCUT2D eigenvalue weighted by Gasteiger charge is -2.28. The fourth-order valence-corrected chi connectivity index (χ4v) is 5.30. The molecule has 1 aliphatic heterocycles. The molecule has 0 saturated carbocycles. The van der Waals surface area contributed by atoms with Crippen LogP contribution in [0.15, 0.2) is 103 Å². The van der Waals surface area contributed by atoms with Gasteiger partial charge in [-0.25, -0.2) is 0 Å². The number of benzene rings is 4. The number of aliphatic hydroxyl groups is 2. The maximum atomic E-state index is 14.0. The van der Waals surface area contributed by atoms with Crippen LogP contribution in [0.1, 0.15) is 45.2 Å². The molecule has 45 heavy (non-hydrogen) atoms. The first-order valence-electron chi connectivity index (χ1n) is 14.5. The fraction of sp³-hybridized carbons (Fsp3) is 0.171. The molecule has 0 radical (unpaired) electrons. The third-order valence-corrected chi connectivity index (χ3v) is 7.78. The van der Waals surface area contributed by atoms with Gasteiger partial charge in [0.05, 0.1) is 12.2 Å². The molecular weight excluding hydrogens is 570 g/mol. The van der Waals surface area contributed by atoms with Crippen molar-refractivity contribution in [2.45, 2.75) is 25.5 Å². The molecule has 1 heterocycles. The molecule has 0 unspecified atom stereocenters. The zero-order chi connectivity index (χ0) is 32.1.